The zero-order valence-corrected chi connectivity index (χ0v) is 14.8. The van der Waals surface area contributed by atoms with E-state index in [2.05, 4.69) is 36.5 Å². The topological polar surface area (TPSA) is 58.6 Å². The number of benzene rings is 2. The minimum Gasteiger partial charge on any atom is -0.481 e. The molecule has 4 nitrogen and oxygen atoms in total. The molecule has 1 amide bonds. The lowest BCUT2D eigenvalue weighted by molar-refractivity contribution is -0.127. The van der Waals surface area contributed by atoms with Crippen LogP contribution in [-0.4, -0.2) is 23.7 Å². The standard InChI is InChI=1S/C21H25NO3/c1-15(25-19-9-5-6-16(10-19)13-23)20(24)22-14-21(2)11-17-7-3-4-8-18(17)12-21/h3-10,15,23H,11-14H2,1-2H3,(H,22,24). The van der Waals surface area contributed by atoms with Crippen LogP contribution in [0.1, 0.15) is 30.5 Å². The number of ether oxygens (including phenoxy) is 1. The van der Waals surface area contributed by atoms with Gasteiger partial charge in [0, 0.05) is 6.54 Å². The van der Waals surface area contributed by atoms with Crippen molar-refractivity contribution in [1.82, 2.24) is 5.32 Å². The molecule has 4 heteroatoms. The maximum absolute atomic E-state index is 12.4. The minimum atomic E-state index is -0.582. The Bertz CT molecular complexity index is 731. The number of rotatable bonds is 6. The number of carbonyl (C=O) groups is 1. The van der Waals surface area contributed by atoms with E-state index in [1.807, 2.05) is 12.1 Å². The van der Waals surface area contributed by atoms with E-state index < -0.39 is 6.10 Å². The van der Waals surface area contributed by atoms with E-state index in [0.29, 0.717) is 12.3 Å². The predicted molar refractivity (Wildman–Crippen MR) is 97.4 cm³/mol. The van der Waals surface area contributed by atoms with Crippen LogP contribution in [0.5, 0.6) is 5.75 Å². The SMILES string of the molecule is CC(Oc1cccc(CO)c1)C(=O)NCC1(C)Cc2ccccc2C1. The van der Waals surface area contributed by atoms with Gasteiger partial charge < -0.3 is 15.2 Å². The summed E-state index contributed by atoms with van der Waals surface area (Å²) >= 11 is 0. The molecule has 0 spiro atoms. The van der Waals surface area contributed by atoms with Crippen LogP contribution in [0.3, 0.4) is 0 Å². The third-order valence-electron chi connectivity index (χ3n) is 4.81. The number of aliphatic hydroxyl groups excluding tert-OH is 1. The summed E-state index contributed by atoms with van der Waals surface area (Å²) in [6, 6.07) is 15.6. The van der Waals surface area contributed by atoms with E-state index in [9.17, 15) is 9.90 Å². The van der Waals surface area contributed by atoms with Crippen molar-refractivity contribution in [3.63, 3.8) is 0 Å². The molecule has 2 N–H and O–H groups in total. The van der Waals surface area contributed by atoms with Gasteiger partial charge in [-0.15, -0.1) is 0 Å². The Balaban J connectivity index is 1.54. The summed E-state index contributed by atoms with van der Waals surface area (Å²) in [7, 11) is 0. The van der Waals surface area contributed by atoms with Crippen molar-refractivity contribution in [2.45, 2.75) is 39.4 Å². The molecule has 0 radical (unpaired) electrons. The first-order chi connectivity index (χ1) is 12.0. The second kappa shape index (κ2) is 7.28. The highest BCUT2D eigenvalue weighted by Crippen LogP contribution is 2.35. The van der Waals surface area contributed by atoms with Gasteiger partial charge in [-0.05, 0) is 54.0 Å². The van der Waals surface area contributed by atoms with Crippen LogP contribution >= 0.6 is 0 Å². The number of aliphatic hydroxyl groups is 1. The Hall–Kier alpha value is -2.33. The van der Waals surface area contributed by atoms with Crippen molar-refractivity contribution in [3.05, 3.63) is 65.2 Å². The van der Waals surface area contributed by atoms with Gasteiger partial charge in [0.05, 0.1) is 6.61 Å². The summed E-state index contributed by atoms with van der Waals surface area (Å²) in [4.78, 5) is 12.4. The lowest BCUT2D eigenvalue weighted by Gasteiger charge is -2.25. The largest absolute Gasteiger partial charge is 0.481 e. The van der Waals surface area contributed by atoms with Gasteiger partial charge in [-0.3, -0.25) is 4.79 Å². The minimum absolute atomic E-state index is 0.0449. The Labute approximate surface area is 148 Å². The number of carbonyl (C=O) groups excluding carboxylic acids is 1. The lowest BCUT2D eigenvalue weighted by atomic mass is 9.87. The first-order valence-corrected chi connectivity index (χ1v) is 8.70. The maximum Gasteiger partial charge on any atom is 0.260 e. The van der Waals surface area contributed by atoms with Gasteiger partial charge in [0.15, 0.2) is 6.10 Å². The quantitative estimate of drug-likeness (QED) is 0.851. The number of hydrogen-bond acceptors (Lipinski definition) is 3. The summed E-state index contributed by atoms with van der Waals surface area (Å²) in [6.07, 6.45) is 1.38. The number of fused-ring (bicyclic) bond motifs is 1. The van der Waals surface area contributed by atoms with E-state index in [4.69, 9.17) is 4.74 Å². The number of amides is 1. The molecule has 2 aromatic carbocycles. The van der Waals surface area contributed by atoms with Gasteiger partial charge in [-0.1, -0.05) is 43.3 Å². The van der Waals surface area contributed by atoms with Crippen LogP contribution in [0.25, 0.3) is 0 Å². The molecule has 0 saturated heterocycles. The van der Waals surface area contributed by atoms with E-state index in [1.54, 1.807) is 19.1 Å². The zero-order chi connectivity index (χ0) is 17.9. The summed E-state index contributed by atoms with van der Waals surface area (Å²) in [5.74, 6) is 0.472. The molecule has 1 unspecified atom stereocenters. The van der Waals surface area contributed by atoms with Gasteiger partial charge in [-0.25, -0.2) is 0 Å². The molecule has 0 heterocycles. The lowest BCUT2D eigenvalue weighted by Crippen LogP contribution is -2.42. The fraction of sp³-hybridized carbons (Fsp3) is 0.381. The third-order valence-corrected chi connectivity index (χ3v) is 4.81. The molecule has 2 aromatic rings. The van der Waals surface area contributed by atoms with Crippen molar-refractivity contribution in [3.8, 4) is 5.75 Å². The average molecular weight is 339 g/mol. The molecule has 1 atom stereocenters. The Morgan fingerprint density at radius 1 is 1.20 bits per heavy atom. The Morgan fingerprint density at radius 3 is 2.52 bits per heavy atom. The molecule has 1 aliphatic rings. The summed E-state index contributed by atoms with van der Waals surface area (Å²) < 4.78 is 5.71. The molecular weight excluding hydrogens is 314 g/mol. The summed E-state index contributed by atoms with van der Waals surface area (Å²) in [5, 5.41) is 12.2. The molecule has 0 aliphatic heterocycles. The Kier molecular flexibility index (Phi) is 5.09. The average Bonchev–Trinajstić information content (AvgIpc) is 2.96. The fourth-order valence-corrected chi connectivity index (χ4v) is 3.43. The normalized spacial score (nSPS) is 16.1. The zero-order valence-electron chi connectivity index (χ0n) is 14.8. The molecule has 0 bridgehead atoms. The Morgan fingerprint density at radius 2 is 1.88 bits per heavy atom. The van der Waals surface area contributed by atoms with Crippen molar-refractivity contribution >= 4 is 5.91 Å². The maximum atomic E-state index is 12.4. The van der Waals surface area contributed by atoms with Crippen LogP contribution in [0, 0.1) is 5.41 Å². The van der Waals surface area contributed by atoms with Gasteiger partial charge in [0.1, 0.15) is 5.75 Å². The van der Waals surface area contributed by atoms with Crippen LogP contribution in [0.2, 0.25) is 0 Å². The molecule has 0 aromatic heterocycles. The first kappa shape index (κ1) is 17.5. The number of nitrogens with one attached hydrogen (secondary N) is 1. The second-order valence-corrected chi connectivity index (χ2v) is 7.22. The molecular formula is C21H25NO3. The van der Waals surface area contributed by atoms with Crippen molar-refractivity contribution in [1.29, 1.82) is 0 Å². The fourth-order valence-electron chi connectivity index (χ4n) is 3.43. The highest BCUT2D eigenvalue weighted by molar-refractivity contribution is 5.80. The van der Waals surface area contributed by atoms with Gasteiger partial charge >= 0.3 is 0 Å². The molecule has 25 heavy (non-hydrogen) atoms. The molecule has 132 valence electrons. The van der Waals surface area contributed by atoms with Gasteiger partial charge in [-0.2, -0.15) is 0 Å². The highest BCUT2D eigenvalue weighted by atomic mass is 16.5. The third kappa shape index (κ3) is 4.20. The molecule has 1 aliphatic carbocycles. The van der Waals surface area contributed by atoms with Crippen LogP contribution in [0.4, 0.5) is 0 Å². The second-order valence-electron chi connectivity index (χ2n) is 7.22. The van der Waals surface area contributed by atoms with Crippen LogP contribution in [0.15, 0.2) is 48.5 Å². The van der Waals surface area contributed by atoms with Crippen LogP contribution in [-0.2, 0) is 24.2 Å². The summed E-state index contributed by atoms with van der Waals surface area (Å²) in [5.41, 5.74) is 3.57. The van der Waals surface area contributed by atoms with E-state index in [0.717, 1.165) is 18.4 Å². The number of hydrogen-bond donors (Lipinski definition) is 2. The van der Waals surface area contributed by atoms with E-state index in [1.165, 1.54) is 11.1 Å². The van der Waals surface area contributed by atoms with Crippen LogP contribution < -0.4 is 10.1 Å². The van der Waals surface area contributed by atoms with Gasteiger partial charge in [0.25, 0.3) is 5.91 Å². The van der Waals surface area contributed by atoms with E-state index >= 15 is 0 Å². The molecule has 0 saturated carbocycles. The first-order valence-electron chi connectivity index (χ1n) is 8.70. The van der Waals surface area contributed by atoms with Gasteiger partial charge in [0.2, 0.25) is 0 Å². The van der Waals surface area contributed by atoms with Crippen molar-refractivity contribution < 1.29 is 14.6 Å². The predicted octanol–water partition coefficient (Wildman–Crippen LogP) is 2.87. The monoisotopic (exact) mass is 339 g/mol. The smallest absolute Gasteiger partial charge is 0.260 e. The van der Waals surface area contributed by atoms with E-state index in [-0.39, 0.29) is 17.9 Å². The van der Waals surface area contributed by atoms with Crippen molar-refractivity contribution in [2.75, 3.05) is 6.54 Å². The highest BCUT2D eigenvalue weighted by Gasteiger charge is 2.33. The molecule has 0 fully saturated rings. The van der Waals surface area contributed by atoms with Crippen molar-refractivity contribution in [2.24, 2.45) is 5.41 Å². The summed E-state index contributed by atoms with van der Waals surface area (Å²) in [6.45, 7) is 4.54. The molecule has 3 rings (SSSR count).